The Labute approximate surface area is 178 Å². The smallest absolute Gasteiger partial charge is 0.229 e. The number of methoxy groups -OCH3 is 2. The monoisotopic (exact) mass is 414 g/mol. The Morgan fingerprint density at radius 2 is 1.63 bits per heavy atom. The molecule has 1 amide bonds. The van der Waals surface area contributed by atoms with E-state index in [0.29, 0.717) is 0 Å². The Balaban J connectivity index is 1.69. The number of hydrogen-bond acceptors (Lipinski definition) is 4. The van der Waals surface area contributed by atoms with Crippen LogP contribution in [-0.2, 0) is 11.3 Å². The van der Waals surface area contributed by atoms with E-state index in [4.69, 9.17) is 9.47 Å². The number of carbonyl (C=O) groups is 1. The first-order chi connectivity index (χ1) is 14.4. The molecule has 1 saturated heterocycles. The molecule has 0 bridgehead atoms. The van der Waals surface area contributed by atoms with Crippen molar-refractivity contribution in [3.8, 4) is 11.5 Å². The Morgan fingerprint density at radius 3 is 2.13 bits per heavy atom. The standard InChI is InChI=1S/C24H31FN2O3/c1-17(2)24(28)27(20-7-5-19(25)6-8-20)21-9-11-26(12-10-21)16-18-13-22(29-3)15-23(14-18)30-4/h5-8,13-15,17,21H,9-12,16H2,1-4H3. The van der Waals surface area contributed by atoms with Crippen LogP contribution in [0.2, 0.25) is 0 Å². The minimum absolute atomic E-state index is 0.0811. The maximum atomic E-state index is 13.4. The molecule has 0 aromatic heterocycles. The highest BCUT2D eigenvalue weighted by Crippen LogP contribution is 2.28. The molecule has 1 fully saturated rings. The Bertz CT molecular complexity index is 824. The van der Waals surface area contributed by atoms with Crippen LogP contribution in [0.5, 0.6) is 11.5 Å². The van der Waals surface area contributed by atoms with E-state index in [9.17, 15) is 9.18 Å². The van der Waals surface area contributed by atoms with Gasteiger partial charge in [-0.1, -0.05) is 13.8 Å². The van der Waals surface area contributed by atoms with Gasteiger partial charge in [-0.05, 0) is 54.8 Å². The van der Waals surface area contributed by atoms with Gasteiger partial charge in [-0.15, -0.1) is 0 Å². The van der Waals surface area contributed by atoms with Crippen LogP contribution >= 0.6 is 0 Å². The van der Waals surface area contributed by atoms with Gasteiger partial charge in [-0.3, -0.25) is 9.69 Å². The van der Waals surface area contributed by atoms with Gasteiger partial charge in [-0.2, -0.15) is 0 Å². The van der Waals surface area contributed by atoms with Crippen LogP contribution in [0.4, 0.5) is 10.1 Å². The summed E-state index contributed by atoms with van der Waals surface area (Å²) in [6, 6.07) is 12.3. The van der Waals surface area contributed by atoms with Crippen molar-refractivity contribution < 1.29 is 18.7 Å². The third kappa shape index (κ3) is 5.30. The Kier molecular flexibility index (Phi) is 7.32. The zero-order chi connectivity index (χ0) is 21.7. The fraction of sp³-hybridized carbons (Fsp3) is 0.458. The van der Waals surface area contributed by atoms with E-state index in [-0.39, 0.29) is 23.7 Å². The van der Waals surface area contributed by atoms with E-state index in [2.05, 4.69) is 4.90 Å². The molecular weight excluding hydrogens is 383 g/mol. The molecule has 6 heteroatoms. The van der Waals surface area contributed by atoms with Crippen molar-refractivity contribution in [3.05, 3.63) is 53.8 Å². The van der Waals surface area contributed by atoms with E-state index >= 15 is 0 Å². The van der Waals surface area contributed by atoms with Crippen LogP contribution < -0.4 is 14.4 Å². The lowest BCUT2D eigenvalue weighted by Crippen LogP contribution is -2.48. The molecule has 0 unspecified atom stereocenters. The molecular formula is C24H31FN2O3. The van der Waals surface area contributed by atoms with Crippen LogP contribution in [0.15, 0.2) is 42.5 Å². The van der Waals surface area contributed by atoms with E-state index in [1.165, 1.54) is 12.1 Å². The lowest BCUT2D eigenvalue weighted by molar-refractivity contribution is -0.122. The summed E-state index contributed by atoms with van der Waals surface area (Å²) >= 11 is 0. The van der Waals surface area contributed by atoms with Gasteiger partial charge in [-0.25, -0.2) is 4.39 Å². The van der Waals surface area contributed by atoms with Gasteiger partial charge >= 0.3 is 0 Å². The predicted octanol–water partition coefficient (Wildman–Crippen LogP) is 4.50. The summed E-state index contributed by atoms with van der Waals surface area (Å²) in [4.78, 5) is 17.2. The zero-order valence-corrected chi connectivity index (χ0v) is 18.2. The molecule has 3 rings (SSSR count). The SMILES string of the molecule is COc1cc(CN2CCC(N(C(=O)C(C)C)c3ccc(F)cc3)CC2)cc(OC)c1. The Morgan fingerprint density at radius 1 is 1.07 bits per heavy atom. The average molecular weight is 415 g/mol. The first-order valence-corrected chi connectivity index (χ1v) is 10.4. The van der Waals surface area contributed by atoms with Crippen molar-refractivity contribution in [3.63, 3.8) is 0 Å². The minimum Gasteiger partial charge on any atom is -0.497 e. The summed E-state index contributed by atoms with van der Waals surface area (Å²) in [6.45, 7) is 6.38. The first kappa shape index (κ1) is 22.1. The molecule has 2 aromatic rings. The first-order valence-electron chi connectivity index (χ1n) is 10.4. The molecule has 0 N–H and O–H groups in total. The van der Waals surface area contributed by atoms with Crippen molar-refractivity contribution >= 4 is 11.6 Å². The second-order valence-electron chi connectivity index (χ2n) is 8.07. The molecule has 5 nitrogen and oxygen atoms in total. The summed E-state index contributed by atoms with van der Waals surface area (Å²) in [7, 11) is 3.31. The third-order valence-electron chi connectivity index (χ3n) is 5.58. The number of halogens is 1. The quantitative estimate of drug-likeness (QED) is 0.669. The minimum atomic E-state index is -0.292. The number of anilines is 1. The van der Waals surface area contributed by atoms with Crippen LogP contribution in [0, 0.1) is 11.7 Å². The molecule has 0 spiro atoms. The normalized spacial score (nSPS) is 15.3. The summed E-state index contributed by atoms with van der Waals surface area (Å²) in [5.74, 6) is 1.24. The van der Waals surface area contributed by atoms with Crippen LogP contribution in [-0.4, -0.2) is 44.2 Å². The van der Waals surface area contributed by atoms with Crippen molar-refractivity contribution in [2.24, 2.45) is 5.92 Å². The summed E-state index contributed by atoms with van der Waals surface area (Å²) < 4.78 is 24.1. The lowest BCUT2D eigenvalue weighted by Gasteiger charge is -2.39. The molecule has 2 aromatic carbocycles. The highest BCUT2D eigenvalue weighted by atomic mass is 19.1. The van der Waals surface area contributed by atoms with Gasteiger partial charge in [0.05, 0.1) is 14.2 Å². The number of carbonyl (C=O) groups excluding carboxylic acids is 1. The fourth-order valence-electron chi connectivity index (χ4n) is 3.95. The van der Waals surface area contributed by atoms with E-state index in [0.717, 1.165) is 55.2 Å². The predicted molar refractivity (Wildman–Crippen MR) is 117 cm³/mol. The highest BCUT2D eigenvalue weighted by molar-refractivity contribution is 5.95. The summed E-state index contributed by atoms with van der Waals surface area (Å²) in [6.07, 6.45) is 1.74. The van der Waals surface area contributed by atoms with Gasteiger partial charge in [0.15, 0.2) is 0 Å². The second-order valence-corrected chi connectivity index (χ2v) is 8.07. The van der Waals surface area contributed by atoms with Crippen LogP contribution in [0.3, 0.4) is 0 Å². The van der Waals surface area contributed by atoms with Crippen LogP contribution in [0.25, 0.3) is 0 Å². The number of benzene rings is 2. The molecule has 0 aliphatic carbocycles. The molecule has 1 aliphatic rings. The maximum Gasteiger partial charge on any atom is 0.229 e. The van der Waals surface area contributed by atoms with Crippen molar-refractivity contribution in [2.75, 3.05) is 32.2 Å². The molecule has 1 aliphatic heterocycles. The summed E-state index contributed by atoms with van der Waals surface area (Å²) in [5.41, 5.74) is 1.91. The number of rotatable bonds is 7. The van der Waals surface area contributed by atoms with E-state index in [1.807, 2.05) is 36.9 Å². The summed E-state index contributed by atoms with van der Waals surface area (Å²) in [5, 5.41) is 0. The van der Waals surface area contributed by atoms with Crippen molar-refractivity contribution in [2.45, 2.75) is 39.3 Å². The van der Waals surface area contributed by atoms with Gasteiger partial charge in [0.25, 0.3) is 0 Å². The molecule has 1 heterocycles. The highest BCUT2D eigenvalue weighted by Gasteiger charge is 2.30. The maximum absolute atomic E-state index is 13.4. The molecule has 0 radical (unpaired) electrons. The number of piperidine rings is 1. The number of amides is 1. The van der Waals surface area contributed by atoms with Gasteiger partial charge < -0.3 is 14.4 Å². The van der Waals surface area contributed by atoms with Gasteiger partial charge in [0.2, 0.25) is 5.91 Å². The van der Waals surface area contributed by atoms with Crippen molar-refractivity contribution in [1.29, 1.82) is 0 Å². The topological polar surface area (TPSA) is 42.0 Å². The number of likely N-dealkylation sites (tertiary alicyclic amines) is 1. The average Bonchev–Trinajstić information content (AvgIpc) is 2.76. The zero-order valence-electron chi connectivity index (χ0n) is 18.2. The molecule has 0 saturated carbocycles. The second kappa shape index (κ2) is 9.94. The molecule has 162 valence electrons. The Hall–Kier alpha value is -2.60. The largest absolute Gasteiger partial charge is 0.497 e. The van der Waals surface area contributed by atoms with E-state index < -0.39 is 0 Å². The van der Waals surface area contributed by atoms with Crippen molar-refractivity contribution in [1.82, 2.24) is 4.90 Å². The lowest BCUT2D eigenvalue weighted by atomic mass is 9.99. The molecule has 0 atom stereocenters. The fourth-order valence-corrected chi connectivity index (χ4v) is 3.95. The number of hydrogen-bond donors (Lipinski definition) is 0. The van der Waals surface area contributed by atoms with Gasteiger partial charge in [0.1, 0.15) is 17.3 Å². The third-order valence-corrected chi connectivity index (χ3v) is 5.58. The van der Waals surface area contributed by atoms with E-state index in [1.54, 1.807) is 26.4 Å². The number of nitrogens with zero attached hydrogens (tertiary/aromatic N) is 2. The van der Waals surface area contributed by atoms with Gasteiger partial charge in [0, 0.05) is 43.3 Å². The number of ether oxygens (including phenoxy) is 2. The molecule has 30 heavy (non-hydrogen) atoms. The van der Waals surface area contributed by atoms with Crippen LogP contribution in [0.1, 0.15) is 32.3 Å².